The van der Waals surface area contributed by atoms with Crippen LogP contribution in [-0.4, -0.2) is 28.4 Å². The first kappa shape index (κ1) is 21.5. The van der Waals surface area contributed by atoms with Gasteiger partial charge in [-0.2, -0.15) is 0 Å². The second-order valence-corrected chi connectivity index (χ2v) is 8.18. The van der Waals surface area contributed by atoms with Gasteiger partial charge in [-0.15, -0.1) is 0 Å². The van der Waals surface area contributed by atoms with Crippen LogP contribution in [0.5, 0.6) is 0 Å². The molecule has 0 bridgehead atoms. The summed E-state index contributed by atoms with van der Waals surface area (Å²) in [6, 6.07) is 8.19. The SMILES string of the molecule is CC(C)CNC(=O)c1coc(CN(Cc2ccc(Cl)cc2)C(C)C(C)C)n1. The first-order chi connectivity index (χ1) is 12.8. The number of nitrogens with zero attached hydrogens (tertiary/aromatic N) is 2. The number of oxazole rings is 1. The van der Waals surface area contributed by atoms with Crippen LogP contribution in [0.25, 0.3) is 0 Å². The van der Waals surface area contributed by atoms with Crippen LogP contribution in [0.3, 0.4) is 0 Å². The molecule has 0 aliphatic heterocycles. The Morgan fingerprint density at radius 1 is 1.15 bits per heavy atom. The molecule has 0 aliphatic carbocycles. The second-order valence-electron chi connectivity index (χ2n) is 7.75. The lowest BCUT2D eigenvalue weighted by molar-refractivity contribution is 0.0943. The Kier molecular flexibility index (Phi) is 7.87. The number of nitrogens with one attached hydrogen (secondary N) is 1. The first-order valence-electron chi connectivity index (χ1n) is 9.47. The third-order valence-electron chi connectivity index (χ3n) is 4.63. The van der Waals surface area contributed by atoms with E-state index in [2.05, 4.69) is 49.8 Å². The average molecular weight is 392 g/mol. The van der Waals surface area contributed by atoms with Crippen LogP contribution in [0, 0.1) is 11.8 Å². The minimum Gasteiger partial charge on any atom is -0.447 e. The highest BCUT2D eigenvalue weighted by Crippen LogP contribution is 2.19. The smallest absolute Gasteiger partial charge is 0.273 e. The van der Waals surface area contributed by atoms with E-state index in [1.165, 1.54) is 11.8 Å². The zero-order valence-electron chi connectivity index (χ0n) is 16.8. The number of amides is 1. The van der Waals surface area contributed by atoms with Crippen molar-refractivity contribution < 1.29 is 9.21 Å². The summed E-state index contributed by atoms with van der Waals surface area (Å²) in [5.74, 6) is 1.22. The summed E-state index contributed by atoms with van der Waals surface area (Å²) in [6.07, 6.45) is 1.44. The normalized spacial score (nSPS) is 12.8. The molecule has 1 unspecified atom stereocenters. The average Bonchev–Trinajstić information content (AvgIpc) is 3.08. The third-order valence-corrected chi connectivity index (χ3v) is 4.89. The van der Waals surface area contributed by atoms with Crippen LogP contribution >= 0.6 is 11.6 Å². The summed E-state index contributed by atoms with van der Waals surface area (Å²) in [5, 5.41) is 3.59. The van der Waals surface area contributed by atoms with Crippen molar-refractivity contribution in [2.45, 2.75) is 53.8 Å². The third kappa shape index (κ3) is 6.67. The molecule has 1 N–H and O–H groups in total. The van der Waals surface area contributed by atoms with Gasteiger partial charge >= 0.3 is 0 Å². The van der Waals surface area contributed by atoms with Crippen LogP contribution in [0.15, 0.2) is 34.9 Å². The van der Waals surface area contributed by atoms with Gasteiger partial charge < -0.3 is 9.73 Å². The van der Waals surface area contributed by atoms with Gasteiger partial charge in [-0.3, -0.25) is 9.69 Å². The number of hydrogen-bond donors (Lipinski definition) is 1. The maximum absolute atomic E-state index is 12.2. The predicted octanol–water partition coefficient (Wildman–Crippen LogP) is 4.76. The van der Waals surface area contributed by atoms with Gasteiger partial charge in [0.1, 0.15) is 6.26 Å². The molecule has 2 aromatic rings. The standard InChI is InChI=1S/C21H30ClN3O2/c1-14(2)10-23-21(26)19-13-27-20(24-19)12-25(16(5)15(3)4)11-17-6-8-18(22)9-7-17/h6-9,13-16H,10-12H2,1-5H3,(H,23,26). The number of carbonyl (C=O) groups excluding carboxylic acids is 1. The molecule has 6 heteroatoms. The summed E-state index contributed by atoms with van der Waals surface area (Å²) in [6.45, 7) is 12.6. The Morgan fingerprint density at radius 3 is 2.41 bits per heavy atom. The summed E-state index contributed by atoms with van der Waals surface area (Å²) in [7, 11) is 0. The molecule has 1 atom stereocenters. The molecule has 27 heavy (non-hydrogen) atoms. The van der Waals surface area contributed by atoms with E-state index in [0.29, 0.717) is 42.6 Å². The molecule has 0 aliphatic rings. The Hall–Kier alpha value is -1.85. The summed E-state index contributed by atoms with van der Waals surface area (Å²) >= 11 is 5.99. The van der Waals surface area contributed by atoms with Crippen molar-refractivity contribution in [1.82, 2.24) is 15.2 Å². The maximum atomic E-state index is 12.2. The van der Waals surface area contributed by atoms with E-state index >= 15 is 0 Å². The fraction of sp³-hybridized carbons (Fsp3) is 0.524. The molecule has 0 saturated carbocycles. The largest absolute Gasteiger partial charge is 0.447 e. The van der Waals surface area contributed by atoms with Crippen LogP contribution in [0.1, 0.15) is 56.6 Å². The van der Waals surface area contributed by atoms with Crippen LogP contribution in [0.4, 0.5) is 0 Å². The highest BCUT2D eigenvalue weighted by atomic mass is 35.5. The highest BCUT2D eigenvalue weighted by molar-refractivity contribution is 6.30. The number of hydrogen-bond acceptors (Lipinski definition) is 4. The van der Waals surface area contributed by atoms with Crippen molar-refractivity contribution in [2.75, 3.05) is 6.54 Å². The van der Waals surface area contributed by atoms with Gasteiger partial charge in [0.15, 0.2) is 5.69 Å². The van der Waals surface area contributed by atoms with E-state index in [1.807, 2.05) is 24.3 Å². The number of carbonyl (C=O) groups is 1. The maximum Gasteiger partial charge on any atom is 0.273 e. The van der Waals surface area contributed by atoms with Crippen molar-refractivity contribution in [3.8, 4) is 0 Å². The molecular formula is C21H30ClN3O2. The van der Waals surface area contributed by atoms with Gasteiger partial charge in [0.05, 0.1) is 6.54 Å². The number of aromatic nitrogens is 1. The van der Waals surface area contributed by atoms with E-state index in [-0.39, 0.29) is 5.91 Å². The molecule has 5 nitrogen and oxygen atoms in total. The van der Waals surface area contributed by atoms with Crippen LogP contribution < -0.4 is 5.32 Å². The molecular weight excluding hydrogens is 362 g/mol. The zero-order valence-corrected chi connectivity index (χ0v) is 17.6. The van der Waals surface area contributed by atoms with E-state index in [1.54, 1.807) is 0 Å². The van der Waals surface area contributed by atoms with Crippen molar-refractivity contribution in [1.29, 1.82) is 0 Å². The molecule has 1 amide bonds. The lowest BCUT2D eigenvalue weighted by Gasteiger charge is -2.30. The van der Waals surface area contributed by atoms with Gasteiger partial charge in [-0.05, 0) is 36.5 Å². The monoisotopic (exact) mass is 391 g/mol. The molecule has 1 aromatic carbocycles. The Balaban J connectivity index is 2.08. The van der Waals surface area contributed by atoms with E-state index in [0.717, 1.165) is 11.6 Å². The fourth-order valence-corrected chi connectivity index (χ4v) is 2.76. The number of halogens is 1. The quantitative estimate of drug-likeness (QED) is 0.669. The molecule has 0 spiro atoms. The van der Waals surface area contributed by atoms with Gasteiger partial charge in [-0.25, -0.2) is 4.98 Å². The molecule has 2 rings (SSSR count). The molecule has 148 valence electrons. The Morgan fingerprint density at radius 2 is 1.81 bits per heavy atom. The molecule has 0 fully saturated rings. The van der Waals surface area contributed by atoms with Gasteiger partial charge in [-0.1, -0.05) is 51.4 Å². The van der Waals surface area contributed by atoms with E-state index < -0.39 is 0 Å². The molecule has 0 saturated heterocycles. The predicted molar refractivity (Wildman–Crippen MR) is 109 cm³/mol. The lowest BCUT2D eigenvalue weighted by Crippen LogP contribution is -2.36. The van der Waals surface area contributed by atoms with Crippen molar-refractivity contribution in [3.63, 3.8) is 0 Å². The van der Waals surface area contributed by atoms with Gasteiger partial charge in [0, 0.05) is 24.2 Å². The number of rotatable bonds is 9. The summed E-state index contributed by atoms with van der Waals surface area (Å²) in [5.41, 5.74) is 1.50. The minimum atomic E-state index is -0.195. The van der Waals surface area contributed by atoms with Crippen molar-refractivity contribution >= 4 is 17.5 Å². The van der Waals surface area contributed by atoms with E-state index in [4.69, 9.17) is 16.0 Å². The molecule has 1 heterocycles. The van der Waals surface area contributed by atoms with Crippen molar-refractivity contribution in [3.05, 3.63) is 52.7 Å². The molecule has 1 aromatic heterocycles. The van der Waals surface area contributed by atoms with Crippen LogP contribution in [-0.2, 0) is 13.1 Å². The van der Waals surface area contributed by atoms with Gasteiger partial charge in [0.25, 0.3) is 5.91 Å². The highest BCUT2D eigenvalue weighted by Gasteiger charge is 2.21. The van der Waals surface area contributed by atoms with Crippen molar-refractivity contribution in [2.24, 2.45) is 11.8 Å². The minimum absolute atomic E-state index is 0.195. The van der Waals surface area contributed by atoms with E-state index in [9.17, 15) is 4.79 Å². The first-order valence-corrected chi connectivity index (χ1v) is 9.85. The fourth-order valence-electron chi connectivity index (χ4n) is 2.64. The lowest BCUT2D eigenvalue weighted by atomic mass is 10.0. The topological polar surface area (TPSA) is 58.4 Å². The molecule has 0 radical (unpaired) electrons. The second kappa shape index (κ2) is 9.90. The zero-order chi connectivity index (χ0) is 20.0. The van der Waals surface area contributed by atoms with Crippen LogP contribution in [0.2, 0.25) is 5.02 Å². The Labute approximate surface area is 167 Å². The summed E-state index contributed by atoms with van der Waals surface area (Å²) < 4.78 is 5.58. The summed E-state index contributed by atoms with van der Waals surface area (Å²) in [4.78, 5) is 18.8. The van der Waals surface area contributed by atoms with Gasteiger partial charge in [0.2, 0.25) is 5.89 Å². The number of benzene rings is 1. The Bertz CT molecular complexity index is 725.